The molecule has 0 spiro atoms. The zero-order valence-corrected chi connectivity index (χ0v) is 20.8. The molecule has 0 aliphatic carbocycles. The maximum atomic E-state index is 5.96. The minimum absolute atomic E-state index is 0. The van der Waals surface area contributed by atoms with Crippen molar-refractivity contribution in [3.63, 3.8) is 0 Å². The van der Waals surface area contributed by atoms with E-state index < -0.39 is 0 Å². The number of hydrogen-bond acceptors (Lipinski definition) is 5. The van der Waals surface area contributed by atoms with E-state index in [1.165, 1.54) is 0 Å². The lowest BCUT2D eigenvalue weighted by Crippen LogP contribution is -2.47. The van der Waals surface area contributed by atoms with E-state index >= 15 is 0 Å². The molecular formula is C21H37IN4O3. The van der Waals surface area contributed by atoms with Gasteiger partial charge in [0.05, 0.1) is 25.5 Å². The average Bonchev–Trinajstić information content (AvgIpc) is 2.70. The Morgan fingerprint density at radius 1 is 1.24 bits per heavy atom. The number of pyridine rings is 1. The van der Waals surface area contributed by atoms with Gasteiger partial charge in [0.25, 0.3) is 0 Å². The van der Waals surface area contributed by atoms with E-state index in [2.05, 4.69) is 22.1 Å². The van der Waals surface area contributed by atoms with Gasteiger partial charge in [0.1, 0.15) is 5.75 Å². The fourth-order valence-electron chi connectivity index (χ4n) is 3.49. The highest BCUT2D eigenvalue weighted by molar-refractivity contribution is 14.0. The van der Waals surface area contributed by atoms with Crippen molar-refractivity contribution < 1.29 is 14.2 Å². The Bertz CT molecular complexity index is 635. The maximum absolute atomic E-state index is 5.96. The van der Waals surface area contributed by atoms with E-state index in [-0.39, 0.29) is 24.0 Å². The van der Waals surface area contributed by atoms with Crippen LogP contribution in [0.15, 0.2) is 11.2 Å². The predicted octanol–water partition coefficient (Wildman–Crippen LogP) is 3.31. The monoisotopic (exact) mass is 520 g/mol. The quantitative estimate of drug-likeness (QED) is 0.233. The number of hydrogen-bond donors (Lipinski definition) is 1. The van der Waals surface area contributed by atoms with Crippen LogP contribution in [0.2, 0.25) is 0 Å². The molecule has 1 aliphatic rings. The van der Waals surface area contributed by atoms with Crippen molar-refractivity contribution in [2.45, 2.75) is 52.7 Å². The normalized spacial score (nSPS) is 15.2. The van der Waals surface area contributed by atoms with Crippen molar-refractivity contribution in [3.8, 4) is 5.75 Å². The molecule has 2 rings (SSSR count). The molecule has 1 N–H and O–H groups in total. The van der Waals surface area contributed by atoms with Gasteiger partial charge in [-0.1, -0.05) is 0 Å². The summed E-state index contributed by atoms with van der Waals surface area (Å²) < 4.78 is 16.5. The lowest BCUT2D eigenvalue weighted by molar-refractivity contribution is 0.00990. The number of guanidine groups is 1. The molecule has 8 heteroatoms. The lowest BCUT2D eigenvalue weighted by Gasteiger charge is -2.34. The molecule has 2 heterocycles. The molecule has 0 atom stereocenters. The molecule has 0 radical (unpaired) electrons. The lowest BCUT2D eigenvalue weighted by atomic mass is 10.1. The number of rotatable bonds is 9. The van der Waals surface area contributed by atoms with Crippen LogP contribution in [0.1, 0.15) is 43.0 Å². The fourth-order valence-corrected chi connectivity index (χ4v) is 3.49. The van der Waals surface area contributed by atoms with Gasteiger partial charge in [-0.05, 0) is 40.0 Å². The van der Waals surface area contributed by atoms with Gasteiger partial charge in [0, 0.05) is 57.3 Å². The number of aryl methyl sites for hydroxylation is 1. The summed E-state index contributed by atoms with van der Waals surface area (Å²) in [5.74, 6) is 1.85. The SMILES string of the molecule is CCNC(=NCc1ncc(C)c(OC)c1C)N1CCC(OCCCOC)CC1.I. The molecule has 1 fully saturated rings. The number of aliphatic imine (C=N–C) groups is 1. The molecule has 1 saturated heterocycles. The highest BCUT2D eigenvalue weighted by atomic mass is 127. The molecule has 0 aromatic carbocycles. The smallest absolute Gasteiger partial charge is 0.194 e. The first-order chi connectivity index (χ1) is 13.6. The average molecular weight is 520 g/mol. The molecule has 1 aliphatic heterocycles. The van der Waals surface area contributed by atoms with E-state index in [4.69, 9.17) is 19.2 Å². The Kier molecular flexibility index (Phi) is 12.5. The summed E-state index contributed by atoms with van der Waals surface area (Å²) in [4.78, 5) is 11.7. The second-order valence-electron chi connectivity index (χ2n) is 7.12. The van der Waals surface area contributed by atoms with E-state index in [0.717, 1.165) is 80.6 Å². The van der Waals surface area contributed by atoms with Gasteiger partial charge in [-0.25, -0.2) is 4.99 Å². The minimum Gasteiger partial charge on any atom is -0.496 e. The summed E-state index contributed by atoms with van der Waals surface area (Å²) in [6.07, 6.45) is 5.18. The number of nitrogens with zero attached hydrogens (tertiary/aromatic N) is 3. The Balaban J connectivity index is 0.00000420. The molecule has 0 amide bonds. The number of aromatic nitrogens is 1. The van der Waals surface area contributed by atoms with E-state index in [9.17, 15) is 0 Å². The van der Waals surface area contributed by atoms with E-state index in [1.54, 1.807) is 14.2 Å². The summed E-state index contributed by atoms with van der Waals surface area (Å²) in [5.41, 5.74) is 3.06. The van der Waals surface area contributed by atoms with Gasteiger partial charge in [-0.3, -0.25) is 4.98 Å². The first-order valence-corrected chi connectivity index (χ1v) is 10.2. The number of piperidine rings is 1. The Morgan fingerprint density at radius 2 is 1.97 bits per heavy atom. The van der Waals surface area contributed by atoms with Crippen molar-refractivity contribution in [1.29, 1.82) is 0 Å². The first-order valence-electron chi connectivity index (χ1n) is 10.2. The summed E-state index contributed by atoms with van der Waals surface area (Å²) >= 11 is 0. The molecule has 7 nitrogen and oxygen atoms in total. The van der Waals surface area contributed by atoms with Crippen LogP contribution in [0.3, 0.4) is 0 Å². The molecule has 0 unspecified atom stereocenters. The third-order valence-corrected chi connectivity index (χ3v) is 5.05. The summed E-state index contributed by atoms with van der Waals surface area (Å²) in [6.45, 7) is 11.0. The van der Waals surface area contributed by atoms with Crippen LogP contribution in [-0.4, -0.2) is 69.0 Å². The second-order valence-corrected chi connectivity index (χ2v) is 7.12. The number of methoxy groups -OCH3 is 2. The van der Waals surface area contributed by atoms with Crippen LogP contribution in [-0.2, 0) is 16.0 Å². The zero-order valence-electron chi connectivity index (χ0n) is 18.5. The predicted molar refractivity (Wildman–Crippen MR) is 128 cm³/mol. The summed E-state index contributed by atoms with van der Waals surface area (Å²) in [7, 11) is 3.43. The van der Waals surface area contributed by atoms with Gasteiger partial charge in [0.15, 0.2) is 5.96 Å². The Morgan fingerprint density at radius 3 is 2.59 bits per heavy atom. The van der Waals surface area contributed by atoms with Gasteiger partial charge in [0.2, 0.25) is 0 Å². The van der Waals surface area contributed by atoms with E-state index in [1.807, 2.05) is 20.0 Å². The Hall–Kier alpha value is -1.13. The minimum atomic E-state index is 0. The number of halogens is 1. The van der Waals surface area contributed by atoms with Crippen molar-refractivity contribution in [3.05, 3.63) is 23.0 Å². The van der Waals surface area contributed by atoms with Gasteiger partial charge in [-0.15, -0.1) is 24.0 Å². The Labute approximate surface area is 192 Å². The van der Waals surface area contributed by atoms with Crippen LogP contribution < -0.4 is 10.1 Å². The largest absolute Gasteiger partial charge is 0.496 e. The molecule has 1 aromatic rings. The van der Waals surface area contributed by atoms with Crippen molar-refractivity contribution >= 4 is 29.9 Å². The maximum Gasteiger partial charge on any atom is 0.194 e. The third-order valence-electron chi connectivity index (χ3n) is 5.05. The first kappa shape index (κ1) is 25.9. The van der Waals surface area contributed by atoms with E-state index in [0.29, 0.717) is 12.6 Å². The number of ether oxygens (including phenoxy) is 3. The molecule has 29 heavy (non-hydrogen) atoms. The van der Waals surface area contributed by atoms with Gasteiger partial charge >= 0.3 is 0 Å². The summed E-state index contributed by atoms with van der Waals surface area (Å²) in [5, 5.41) is 3.42. The fraction of sp³-hybridized carbons (Fsp3) is 0.714. The van der Waals surface area contributed by atoms with Crippen LogP contribution in [0.5, 0.6) is 5.75 Å². The molecule has 0 bridgehead atoms. The van der Waals surface area contributed by atoms with Crippen LogP contribution in [0.25, 0.3) is 0 Å². The second kappa shape index (κ2) is 14.0. The molecule has 166 valence electrons. The van der Waals surface area contributed by atoms with Crippen molar-refractivity contribution in [2.75, 3.05) is 47.1 Å². The topological polar surface area (TPSA) is 68.2 Å². The zero-order chi connectivity index (χ0) is 20.4. The highest BCUT2D eigenvalue weighted by Crippen LogP contribution is 2.24. The van der Waals surface area contributed by atoms with Crippen LogP contribution >= 0.6 is 24.0 Å². The molecule has 1 aromatic heterocycles. The number of likely N-dealkylation sites (tertiary alicyclic amines) is 1. The molecule has 0 saturated carbocycles. The van der Waals surface area contributed by atoms with Crippen LogP contribution in [0.4, 0.5) is 0 Å². The van der Waals surface area contributed by atoms with Gasteiger partial charge < -0.3 is 24.4 Å². The highest BCUT2D eigenvalue weighted by Gasteiger charge is 2.22. The third kappa shape index (κ3) is 7.90. The number of nitrogens with one attached hydrogen (secondary N) is 1. The summed E-state index contributed by atoms with van der Waals surface area (Å²) in [6, 6.07) is 0. The van der Waals surface area contributed by atoms with Crippen molar-refractivity contribution in [2.24, 2.45) is 4.99 Å². The standard InChI is InChI=1S/C21H36N4O3.HI/c1-6-22-21(24-15-19-17(3)20(27-5)16(2)14-23-19)25-10-8-18(9-11-25)28-13-7-12-26-4;/h14,18H,6-13,15H2,1-5H3,(H,22,24);1H. The van der Waals surface area contributed by atoms with Gasteiger partial charge in [-0.2, -0.15) is 0 Å². The molecular weight excluding hydrogens is 483 g/mol. The van der Waals surface area contributed by atoms with Crippen LogP contribution in [0, 0.1) is 13.8 Å². The van der Waals surface area contributed by atoms with Crippen molar-refractivity contribution in [1.82, 2.24) is 15.2 Å².